The van der Waals surface area contributed by atoms with Crippen molar-refractivity contribution in [2.45, 2.75) is 39.4 Å². The Hall–Kier alpha value is -1.47. The van der Waals surface area contributed by atoms with Gasteiger partial charge in [0.1, 0.15) is 6.54 Å². The van der Waals surface area contributed by atoms with Crippen molar-refractivity contribution >= 4 is 5.91 Å². The smallest absolute Gasteiger partial charge is 0.244 e. The summed E-state index contributed by atoms with van der Waals surface area (Å²) >= 11 is 0. The SMILES string of the molecule is CC(C)N(CCCO)C(=O)Cn1cc(CN)nn1. The van der Waals surface area contributed by atoms with Gasteiger partial charge in [-0.2, -0.15) is 0 Å². The first-order valence-electron chi connectivity index (χ1n) is 6.08. The van der Waals surface area contributed by atoms with Gasteiger partial charge in [-0.3, -0.25) is 4.79 Å². The minimum absolute atomic E-state index is 0.0353. The van der Waals surface area contributed by atoms with Crippen LogP contribution in [0.15, 0.2) is 6.20 Å². The molecule has 0 spiro atoms. The molecule has 0 atom stereocenters. The summed E-state index contributed by atoms with van der Waals surface area (Å²) in [7, 11) is 0. The third-order valence-electron chi connectivity index (χ3n) is 2.59. The van der Waals surface area contributed by atoms with Gasteiger partial charge >= 0.3 is 0 Å². The molecule has 7 nitrogen and oxygen atoms in total. The van der Waals surface area contributed by atoms with Crippen LogP contribution in [-0.2, 0) is 17.9 Å². The fraction of sp³-hybridized carbons (Fsp3) is 0.727. The molecule has 102 valence electrons. The van der Waals surface area contributed by atoms with E-state index < -0.39 is 0 Å². The first-order valence-corrected chi connectivity index (χ1v) is 6.08. The van der Waals surface area contributed by atoms with Crippen molar-refractivity contribution in [3.8, 4) is 0 Å². The van der Waals surface area contributed by atoms with Crippen LogP contribution in [0.5, 0.6) is 0 Å². The minimum Gasteiger partial charge on any atom is -0.396 e. The van der Waals surface area contributed by atoms with Crippen molar-refractivity contribution in [2.75, 3.05) is 13.2 Å². The summed E-state index contributed by atoms with van der Waals surface area (Å²) in [6.07, 6.45) is 2.25. The number of rotatable bonds is 7. The van der Waals surface area contributed by atoms with Gasteiger partial charge in [0.2, 0.25) is 5.91 Å². The van der Waals surface area contributed by atoms with E-state index in [0.717, 1.165) is 0 Å². The zero-order chi connectivity index (χ0) is 13.5. The zero-order valence-corrected chi connectivity index (χ0v) is 10.9. The maximum atomic E-state index is 12.1. The molecule has 0 unspecified atom stereocenters. The Kier molecular flexibility index (Phi) is 5.73. The van der Waals surface area contributed by atoms with Crippen LogP contribution < -0.4 is 5.73 Å². The summed E-state index contributed by atoms with van der Waals surface area (Å²) in [6.45, 7) is 4.98. The molecule has 0 bridgehead atoms. The molecule has 0 aliphatic carbocycles. The quantitative estimate of drug-likeness (QED) is 0.675. The highest BCUT2D eigenvalue weighted by atomic mass is 16.3. The molecule has 1 amide bonds. The second-order valence-electron chi connectivity index (χ2n) is 4.37. The molecule has 0 saturated heterocycles. The summed E-state index contributed by atoms with van der Waals surface area (Å²) in [4.78, 5) is 13.8. The van der Waals surface area contributed by atoms with E-state index in [1.54, 1.807) is 11.1 Å². The molecule has 0 aromatic carbocycles. The number of nitrogens with two attached hydrogens (primary N) is 1. The van der Waals surface area contributed by atoms with E-state index in [0.29, 0.717) is 25.2 Å². The highest BCUT2D eigenvalue weighted by Gasteiger charge is 2.17. The van der Waals surface area contributed by atoms with Crippen molar-refractivity contribution in [1.29, 1.82) is 0 Å². The number of nitrogens with zero attached hydrogens (tertiary/aromatic N) is 4. The topological polar surface area (TPSA) is 97.3 Å². The Morgan fingerprint density at radius 1 is 1.61 bits per heavy atom. The number of carbonyl (C=O) groups is 1. The van der Waals surface area contributed by atoms with Crippen LogP contribution >= 0.6 is 0 Å². The highest BCUT2D eigenvalue weighted by Crippen LogP contribution is 2.02. The van der Waals surface area contributed by atoms with Gasteiger partial charge in [-0.25, -0.2) is 4.68 Å². The van der Waals surface area contributed by atoms with Crippen LogP contribution in [0.4, 0.5) is 0 Å². The lowest BCUT2D eigenvalue weighted by Gasteiger charge is -2.26. The first-order chi connectivity index (χ1) is 8.58. The van der Waals surface area contributed by atoms with Gasteiger partial charge in [0.05, 0.1) is 11.9 Å². The predicted molar refractivity (Wildman–Crippen MR) is 66.5 cm³/mol. The number of amides is 1. The Balaban J connectivity index is 2.60. The molecule has 0 fully saturated rings. The molecule has 1 rings (SSSR count). The number of hydrogen-bond donors (Lipinski definition) is 2. The fourth-order valence-corrected chi connectivity index (χ4v) is 1.65. The van der Waals surface area contributed by atoms with Crippen LogP contribution in [0, 0.1) is 0 Å². The van der Waals surface area contributed by atoms with Gasteiger partial charge in [-0.15, -0.1) is 5.10 Å². The monoisotopic (exact) mass is 255 g/mol. The number of hydrogen-bond acceptors (Lipinski definition) is 5. The van der Waals surface area contributed by atoms with E-state index in [4.69, 9.17) is 10.8 Å². The Morgan fingerprint density at radius 2 is 2.33 bits per heavy atom. The third kappa shape index (κ3) is 4.08. The predicted octanol–water partition coefficient (Wildman–Crippen LogP) is -0.644. The van der Waals surface area contributed by atoms with Crippen LogP contribution in [0.3, 0.4) is 0 Å². The molecule has 7 heteroatoms. The van der Waals surface area contributed by atoms with Crippen LogP contribution in [0.1, 0.15) is 26.0 Å². The minimum atomic E-state index is -0.0353. The largest absolute Gasteiger partial charge is 0.396 e. The van der Waals surface area contributed by atoms with E-state index in [2.05, 4.69) is 10.3 Å². The number of aromatic nitrogens is 3. The van der Waals surface area contributed by atoms with Crippen LogP contribution in [0.2, 0.25) is 0 Å². The average Bonchev–Trinajstić information content (AvgIpc) is 2.76. The highest BCUT2D eigenvalue weighted by molar-refractivity contribution is 5.76. The Bertz CT molecular complexity index is 377. The van der Waals surface area contributed by atoms with E-state index in [1.165, 1.54) is 4.68 Å². The van der Waals surface area contributed by atoms with Crippen molar-refractivity contribution in [1.82, 2.24) is 19.9 Å². The van der Waals surface area contributed by atoms with Gasteiger partial charge in [-0.1, -0.05) is 5.21 Å². The lowest BCUT2D eigenvalue weighted by Crippen LogP contribution is -2.40. The summed E-state index contributed by atoms with van der Waals surface area (Å²) in [5, 5.41) is 16.5. The van der Waals surface area contributed by atoms with Crippen LogP contribution in [-0.4, -0.2) is 50.1 Å². The summed E-state index contributed by atoms with van der Waals surface area (Å²) in [6, 6.07) is 0.0987. The average molecular weight is 255 g/mol. The normalized spacial score (nSPS) is 10.9. The third-order valence-corrected chi connectivity index (χ3v) is 2.59. The molecule has 1 aromatic heterocycles. The van der Waals surface area contributed by atoms with E-state index in [1.807, 2.05) is 13.8 Å². The Morgan fingerprint density at radius 3 is 2.83 bits per heavy atom. The van der Waals surface area contributed by atoms with Crippen molar-refractivity contribution < 1.29 is 9.90 Å². The Labute approximate surface area is 107 Å². The molecule has 0 aliphatic heterocycles. The summed E-state index contributed by atoms with van der Waals surface area (Å²) < 4.78 is 1.48. The molecule has 1 heterocycles. The van der Waals surface area contributed by atoms with Gasteiger partial charge in [0, 0.05) is 25.7 Å². The first kappa shape index (κ1) is 14.6. The number of aliphatic hydroxyl groups excluding tert-OH is 1. The molecule has 0 radical (unpaired) electrons. The number of aliphatic hydroxyl groups is 1. The maximum Gasteiger partial charge on any atom is 0.244 e. The maximum absolute atomic E-state index is 12.1. The van der Waals surface area contributed by atoms with E-state index in [-0.39, 0.29) is 25.1 Å². The molecular formula is C11H21N5O2. The molecule has 0 saturated carbocycles. The fourth-order valence-electron chi connectivity index (χ4n) is 1.65. The second kappa shape index (κ2) is 7.07. The van der Waals surface area contributed by atoms with Crippen LogP contribution in [0.25, 0.3) is 0 Å². The number of carbonyl (C=O) groups excluding carboxylic acids is 1. The lowest BCUT2D eigenvalue weighted by atomic mass is 10.2. The summed E-state index contributed by atoms with van der Waals surface area (Å²) in [5.41, 5.74) is 6.09. The molecular weight excluding hydrogens is 234 g/mol. The standard InChI is InChI=1S/C11H21N5O2/c1-9(2)16(4-3-5-17)11(18)8-15-7-10(6-12)13-14-15/h7,9,17H,3-6,8,12H2,1-2H3. The van der Waals surface area contributed by atoms with Gasteiger partial charge < -0.3 is 15.7 Å². The summed E-state index contributed by atoms with van der Waals surface area (Å²) in [5.74, 6) is -0.0353. The van der Waals surface area contributed by atoms with E-state index in [9.17, 15) is 4.79 Å². The van der Waals surface area contributed by atoms with Crippen molar-refractivity contribution in [3.05, 3.63) is 11.9 Å². The van der Waals surface area contributed by atoms with Gasteiger partial charge in [0.25, 0.3) is 0 Å². The molecule has 1 aromatic rings. The van der Waals surface area contributed by atoms with E-state index >= 15 is 0 Å². The second-order valence-corrected chi connectivity index (χ2v) is 4.37. The lowest BCUT2D eigenvalue weighted by molar-refractivity contribution is -0.133. The molecule has 0 aliphatic rings. The van der Waals surface area contributed by atoms with Gasteiger partial charge in [-0.05, 0) is 20.3 Å². The zero-order valence-electron chi connectivity index (χ0n) is 10.9. The molecule has 3 N–H and O–H groups in total. The van der Waals surface area contributed by atoms with Crippen molar-refractivity contribution in [3.63, 3.8) is 0 Å². The van der Waals surface area contributed by atoms with Crippen molar-refractivity contribution in [2.24, 2.45) is 5.73 Å². The van der Waals surface area contributed by atoms with Gasteiger partial charge in [0.15, 0.2) is 0 Å². The molecule has 18 heavy (non-hydrogen) atoms.